The summed E-state index contributed by atoms with van der Waals surface area (Å²) in [7, 11) is 1.68. The second-order valence-electron chi connectivity index (χ2n) is 4.15. The van der Waals surface area contributed by atoms with Crippen LogP contribution in [-0.4, -0.2) is 17.6 Å². The number of aromatic nitrogens is 1. The fraction of sp³-hybridized carbons (Fsp3) is 0.700. The van der Waals surface area contributed by atoms with E-state index in [-0.39, 0.29) is 5.54 Å². The van der Waals surface area contributed by atoms with Gasteiger partial charge in [0.2, 0.25) is 0 Å². The Balaban J connectivity index is 2.44. The van der Waals surface area contributed by atoms with Crippen molar-refractivity contribution in [2.24, 2.45) is 5.73 Å². The van der Waals surface area contributed by atoms with Crippen LogP contribution in [0.15, 0.2) is 5.38 Å². The number of thiazole rings is 1. The summed E-state index contributed by atoms with van der Waals surface area (Å²) in [6, 6.07) is 0. The molecule has 3 nitrogen and oxygen atoms in total. The van der Waals surface area contributed by atoms with Crippen LogP contribution in [0.3, 0.4) is 0 Å². The summed E-state index contributed by atoms with van der Waals surface area (Å²) in [5.74, 6) is 0. The Morgan fingerprint density at radius 3 is 2.86 bits per heavy atom. The average molecular weight is 214 g/mol. The maximum Gasteiger partial charge on any atom is 0.119 e. The van der Waals surface area contributed by atoms with E-state index in [1.807, 2.05) is 13.8 Å². The normalized spacial score (nSPS) is 12.0. The fourth-order valence-corrected chi connectivity index (χ4v) is 1.90. The highest BCUT2D eigenvalue weighted by atomic mass is 32.1. The summed E-state index contributed by atoms with van der Waals surface area (Å²) in [6.07, 6.45) is 1.91. The molecule has 0 saturated carbocycles. The molecule has 1 heterocycles. The fourth-order valence-electron chi connectivity index (χ4n) is 1.10. The van der Waals surface area contributed by atoms with Gasteiger partial charge in [0, 0.05) is 18.0 Å². The van der Waals surface area contributed by atoms with Gasteiger partial charge in [-0.25, -0.2) is 4.98 Å². The molecule has 1 aromatic heterocycles. The first kappa shape index (κ1) is 11.6. The molecule has 0 aliphatic rings. The Bertz CT molecular complexity index is 278. The number of methoxy groups -OCH3 is 1. The Morgan fingerprint density at radius 1 is 1.57 bits per heavy atom. The molecule has 4 heteroatoms. The summed E-state index contributed by atoms with van der Waals surface area (Å²) in [5, 5.41) is 3.12. The minimum absolute atomic E-state index is 0.106. The van der Waals surface area contributed by atoms with E-state index in [1.165, 1.54) is 0 Å². The van der Waals surface area contributed by atoms with E-state index in [2.05, 4.69) is 10.4 Å². The minimum Gasteiger partial charge on any atom is -0.378 e. The first-order valence-corrected chi connectivity index (χ1v) is 5.60. The van der Waals surface area contributed by atoms with E-state index in [1.54, 1.807) is 18.4 Å². The number of ether oxygens (including phenoxy) is 1. The zero-order chi connectivity index (χ0) is 10.6. The van der Waals surface area contributed by atoms with E-state index < -0.39 is 0 Å². The topological polar surface area (TPSA) is 48.1 Å². The molecule has 0 amide bonds. The van der Waals surface area contributed by atoms with Gasteiger partial charge in [0.25, 0.3) is 0 Å². The standard InChI is InChI=1S/C10H18N2OS/c1-10(2,11)5-4-8-7-14-9(12-8)6-13-3/h7H,4-6,11H2,1-3H3. The average Bonchev–Trinajstić information content (AvgIpc) is 2.49. The van der Waals surface area contributed by atoms with Crippen molar-refractivity contribution in [3.63, 3.8) is 0 Å². The molecule has 1 rings (SSSR count). The highest BCUT2D eigenvalue weighted by Gasteiger charge is 2.11. The predicted molar refractivity (Wildman–Crippen MR) is 59.4 cm³/mol. The van der Waals surface area contributed by atoms with Crippen LogP contribution in [-0.2, 0) is 17.8 Å². The van der Waals surface area contributed by atoms with Gasteiger partial charge in [-0.3, -0.25) is 0 Å². The van der Waals surface area contributed by atoms with Crippen LogP contribution in [0.1, 0.15) is 31.0 Å². The van der Waals surface area contributed by atoms with Gasteiger partial charge < -0.3 is 10.5 Å². The van der Waals surface area contributed by atoms with Gasteiger partial charge in [-0.2, -0.15) is 0 Å². The van der Waals surface area contributed by atoms with Gasteiger partial charge >= 0.3 is 0 Å². The molecular formula is C10H18N2OS. The first-order valence-electron chi connectivity index (χ1n) is 4.72. The van der Waals surface area contributed by atoms with Crippen LogP contribution in [0.25, 0.3) is 0 Å². The third-order valence-electron chi connectivity index (χ3n) is 1.89. The van der Waals surface area contributed by atoms with Crippen LogP contribution >= 0.6 is 11.3 Å². The van der Waals surface area contributed by atoms with Crippen molar-refractivity contribution in [3.05, 3.63) is 16.1 Å². The van der Waals surface area contributed by atoms with E-state index in [0.29, 0.717) is 6.61 Å². The van der Waals surface area contributed by atoms with Crippen LogP contribution in [0.5, 0.6) is 0 Å². The zero-order valence-corrected chi connectivity index (χ0v) is 9.86. The Kier molecular flexibility index (Phi) is 4.04. The lowest BCUT2D eigenvalue weighted by Crippen LogP contribution is -2.32. The molecule has 0 unspecified atom stereocenters. The molecule has 2 N–H and O–H groups in total. The highest BCUT2D eigenvalue weighted by Crippen LogP contribution is 2.15. The molecule has 14 heavy (non-hydrogen) atoms. The predicted octanol–water partition coefficient (Wildman–Crippen LogP) is 1.96. The molecule has 0 aliphatic heterocycles. The number of aryl methyl sites for hydroxylation is 1. The van der Waals surface area contributed by atoms with Crippen molar-refractivity contribution in [3.8, 4) is 0 Å². The third kappa shape index (κ3) is 4.17. The Labute approximate surface area is 89.3 Å². The third-order valence-corrected chi connectivity index (χ3v) is 2.76. The van der Waals surface area contributed by atoms with E-state index in [4.69, 9.17) is 10.5 Å². The molecule has 0 aromatic carbocycles. The van der Waals surface area contributed by atoms with Gasteiger partial charge in [0.15, 0.2) is 0 Å². The van der Waals surface area contributed by atoms with Gasteiger partial charge in [-0.15, -0.1) is 11.3 Å². The summed E-state index contributed by atoms with van der Waals surface area (Å²) in [6.45, 7) is 4.68. The second-order valence-corrected chi connectivity index (χ2v) is 5.10. The minimum atomic E-state index is -0.106. The molecule has 0 atom stereocenters. The maximum absolute atomic E-state index is 5.90. The van der Waals surface area contributed by atoms with Gasteiger partial charge in [0.1, 0.15) is 5.01 Å². The largest absolute Gasteiger partial charge is 0.378 e. The molecule has 1 aromatic rings. The van der Waals surface area contributed by atoms with Crippen LogP contribution in [0.2, 0.25) is 0 Å². The lowest BCUT2D eigenvalue weighted by atomic mass is 9.99. The summed E-state index contributed by atoms with van der Waals surface area (Å²) in [5.41, 5.74) is 6.92. The summed E-state index contributed by atoms with van der Waals surface area (Å²) < 4.78 is 5.01. The lowest BCUT2D eigenvalue weighted by Gasteiger charge is -2.16. The van der Waals surface area contributed by atoms with Crippen LogP contribution < -0.4 is 5.73 Å². The smallest absolute Gasteiger partial charge is 0.119 e. The van der Waals surface area contributed by atoms with Gasteiger partial charge in [-0.1, -0.05) is 0 Å². The van der Waals surface area contributed by atoms with Crippen molar-refractivity contribution in [1.29, 1.82) is 0 Å². The lowest BCUT2D eigenvalue weighted by molar-refractivity contribution is 0.184. The summed E-state index contributed by atoms with van der Waals surface area (Å²) in [4.78, 5) is 4.44. The second kappa shape index (κ2) is 4.87. The van der Waals surface area contributed by atoms with Crippen molar-refractivity contribution in [1.82, 2.24) is 4.98 Å². The molecule has 0 bridgehead atoms. The van der Waals surface area contributed by atoms with Crippen molar-refractivity contribution in [2.75, 3.05) is 7.11 Å². The van der Waals surface area contributed by atoms with Crippen molar-refractivity contribution in [2.45, 2.75) is 38.8 Å². The van der Waals surface area contributed by atoms with Crippen molar-refractivity contribution >= 4 is 11.3 Å². The first-order chi connectivity index (χ1) is 6.51. The number of hydrogen-bond acceptors (Lipinski definition) is 4. The molecule has 80 valence electrons. The molecule has 0 saturated heterocycles. The van der Waals surface area contributed by atoms with E-state index in [0.717, 1.165) is 23.5 Å². The number of nitrogens with zero attached hydrogens (tertiary/aromatic N) is 1. The molecule has 0 radical (unpaired) electrons. The van der Waals surface area contributed by atoms with Crippen molar-refractivity contribution < 1.29 is 4.74 Å². The Hall–Kier alpha value is -0.450. The van der Waals surface area contributed by atoms with Gasteiger partial charge in [0.05, 0.1) is 12.3 Å². The highest BCUT2D eigenvalue weighted by molar-refractivity contribution is 7.09. The van der Waals surface area contributed by atoms with Crippen LogP contribution in [0, 0.1) is 0 Å². The number of nitrogens with two attached hydrogens (primary N) is 1. The quantitative estimate of drug-likeness (QED) is 0.815. The molecule has 0 aliphatic carbocycles. The zero-order valence-electron chi connectivity index (χ0n) is 9.04. The SMILES string of the molecule is COCc1nc(CCC(C)(C)N)cs1. The maximum atomic E-state index is 5.90. The van der Waals surface area contributed by atoms with E-state index in [9.17, 15) is 0 Å². The molecule has 0 spiro atoms. The van der Waals surface area contributed by atoms with Gasteiger partial charge in [-0.05, 0) is 26.7 Å². The monoisotopic (exact) mass is 214 g/mol. The van der Waals surface area contributed by atoms with Crippen LogP contribution in [0.4, 0.5) is 0 Å². The number of rotatable bonds is 5. The number of hydrogen-bond donors (Lipinski definition) is 1. The molecular weight excluding hydrogens is 196 g/mol. The Morgan fingerprint density at radius 2 is 2.29 bits per heavy atom. The molecule has 0 fully saturated rings. The summed E-state index contributed by atoms with van der Waals surface area (Å²) >= 11 is 1.65. The van der Waals surface area contributed by atoms with E-state index >= 15 is 0 Å².